The van der Waals surface area contributed by atoms with Crippen molar-refractivity contribution in [1.82, 2.24) is 4.98 Å². The molecule has 2 aromatic heterocycles. The van der Waals surface area contributed by atoms with Crippen molar-refractivity contribution in [2.75, 3.05) is 11.9 Å². The van der Waals surface area contributed by atoms with Crippen LogP contribution in [0.4, 0.5) is 5.13 Å². The minimum absolute atomic E-state index is 0.205. The molecule has 0 aliphatic carbocycles. The topological polar surface area (TPSA) is 51.2 Å². The van der Waals surface area contributed by atoms with E-state index in [9.17, 15) is 4.79 Å². The van der Waals surface area contributed by atoms with Crippen LogP contribution in [0.25, 0.3) is 0 Å². The van der Waals surface area contributed by atoms with Crippen molar-refractivity contribution in [3.8, 4) is 0 Å². The summed E-state index contributed by atoms with van der Waals surface area (Å²) < 4.78 is 4.95. The lowest BCUT2D eigenvalue weighted by atomic mass is 10.0. The van der Waals surface area contributed by atoms with E-state index >= 15 is 0 Å². The highest BCUT2D eigenvalue weighted by atomic mass is 32.1. The molecule has 4 nitrogen and oxygen atoms in total. The van der Waals surface area contributed by atoms with Crippen molar-refractivity contribution < 1.29 is 9.53 Å². The van der Waals surface area contributed by atoms with Gasteiger partial charge >= 0.3 is 5.97 Å². The van der Waals surface area contributed by atoms with Crippen molar-refractivity contribution in [2.45, 2.75) is 26.8 Å². The number of thiophene rings is 1. The average molecular weight is 310 g/mol. The van der Waals surface area contributed by atoms with E-state index < -0.39 is 0 Å². The summed E-state index contributed by atoms with van der Waals surface area (Å²) in [5.41, 5.74) is 0.369. The second kappa shape index (κ2) is 6.85. The van der Waals surface area contributed by atoms with Gasteiger partial charge in [0.15, 0.2) is 10.8 Å². The molecule has 2 heterocycles. The fourth-order valence-corrected chi connectivity index (χ4v) is 3.47. The van der Waals surface area contributed by atoms with E-state index in [0.29, 0.717) is 18.2 Å². The maximum Gasteiger partial charge on any atom is 0.357 e. The van der Waals surface area contributed by atoms with Crippen LogP contribution in [-0.4, -0.2) is 17.6 Å². The molecule has 0 spiro atoms. The summed E-state index contributed by atoms with van der Waals surface area (Å²) >= 11 is 3.15. The molecule has 2 rings (SSSR count). The summed E-state index contributed by atoms with van der Waals surface area (Å²) in [5.74, 6) is 0.0672. The fourth-order valence-electron chi connectivity index (χ4n) is 1.81. The van der Waals surface area contributed by atoms with Gasteiger partial charge in [-0.05, 0) is 24.3 Å². The van der Waals surface area contributed by atoms with Gasteiger partial charge in [0.25, 0.3) is 0 Å². The Hall–Kier alpha value is -1.40. The Balaban J connectivity index is 2.10. The number of aromatic nitrogens is 1. The molecule has 0 amide bonds. The predicted molar refractivity (Wildman–Crippen MR) is 83.6 cm³/mol. The number of carbonyl (C=O) groups is 1. The molecule has 0 fully saturated rings. The summed E-state index contributed by atoms with van der Waals surface area (Å²) in [7, 11) is 0. The summed E-state index contributed by atoms with van der Waals surface area (Å²) in [6, 6.07) is 4.36. The molecule has 0 aromatic carbocycles. The Morgan fingerprint density at radius 2 is 2.25 bits per heavy atom. The molecular formula is C14H18N2O2S2. The Morgan fingerprint density at radius 1 is 1.45 bits per heavy atom. The van der Waals surface area contributed by atoms with Gasteiger partial charge in [-0.3, -0.25) is 0 Å². The number of hydrogen-bond donors (Lipinski definition) is 1. The number of carbonyl (C=O) groups excluding carboxylic acids is 1. The Labute approximate surface area is 126 Å². The van der Waals surface area contributed by atoms with E-state index in [1.165, 1.54) is 16.2 Å². The SMILES string of the molecule is CCOC(=O)c1csc(NC(c2cccs2)C(C)C)n1. The summed E-state index contributed by atoms with van der Waals surface area (Å²) in [6.07, 6.45) is 0. The molecule has 0 aliphatic heterocycles. The Kier molecular flexibility index (Phi) is 5.14. The molecule has 20 heavy (non-hydrogen) atoms. The smallest absolute Gasteiger partial charge is 0.357 e. The van der Waals surface area contributed by atoms with E-state index in [4.69, 9.17) is 4.74 Å². The molecular weight excluding hydrogens is 292 g/mol. The van der Waals surface area contributed by atoms with Crippen LogP contribution in [0.5, 0.6) is 0 Å². The number of rotatable bonds is 6. The van der Waals surface area contributed by atoms with E-state index in [2.05, 4.69) is 35.6 Å². The number of nitrogens with zero attached hydrogens (tertiary/aromatic N) is 1. The minimum atomic E-state index is -0.367. The van der Waals surface area contributed by atoms with Gasteiger partial charge in [-0.25, -0.2) is 9.78 Å². The molecule has 2 aromatic rings. The normalized spacial score (nSPS) is 12.4. The van der Waals surface area contributed by atoms with Crippen LogP contribution in [0.1, 0.15) is 42.2 Å². The van der Waals surface area contributed by atoms with E-state index in [1.807, 2.05) is 6.07 Å². The average Bonchev–Trinajstić information content (AvgIpc) is 3.07. The second-order valence-electron chi connectivity index (χ2n) is 4.64. The lowest BCUT2D eigenvalue weighted by Gasteiger charge is -2.20. The zero-order valence-corrected chi connectivity index (χ0v) is 13.4. The van der Waals surface area contributed by atoms with Gasteiger partial charge in [-0.1, -0.05) is 19.9 Å². The molecule has 0 saturated heterocycles. The van der Waals surface area contributed by atoms with Crippen molar-refractivity contribution in [1.29, 1.82) is 0 Å². The van der Waals surface area contributed by atoms with Crippen LogP contribution in [-0.2, 0) is 4.74 Å². The number of thiazole rings is 1. The second-order valence-corrected chi connectivity index (χ2v) is 6.48. The molecule has 108 valence electrons. The Morgan fingerprint density at radius 3 is 2.85 bits per heavy atom. The monoisotopic (exact) mass is 310 g/mol. The molecule has 1 N–H and O–H groups in total. The molecule has 0 radical (unpaired) electrons. The van der Waals surface area contributed by atoms with Gasteiger partial charge in [-0.2, -0.15) is 0 Å². The van der Waals surface area contributed by atoms with Gasteiger partial charge in [-0.15, -0.1) is 22.7 Å². The summed E-state index contributed by atoms with van der Waals surface area (Å²) in [5, 5.41) is 7.95. The number of hydrogen-bond acceptors (Lipinski definition) is 6. The number of nitrogens with one attached hydrogen (secondary N) is 1. The highest BCUT2D eigenvalue weighted by Crippen LogP contribution is 2.30. The van der Waals surface area contributed by atoms with Gasteiger partial charge in [0.2, 0.25) is 0 Å². The maximum atomic E-state index is 11.6. The molecule has 1 atom stereocenters. The lowest BCUT2D eigenvalue weighted by molar-refractivity contribution is 0.0520. The standard InChI is InChI=1S/C14H18N2O2S2/c1-4-18-13(17)10-8-20-14(15-10)16-12(9(2)3)11-6-5-7-19-11/h5-9,12H,4H2,1-3H3,(H,15,16). The minimum Gasteiger partial charge on any atom is -0.461 e. The third-order valence-electron chi connectivity index (χ3n) is 2.78. The third kappa shape index (κ3) is 3.58. The first-order valence-electron chi connectivity index (χ1n) is 6.54. The lowest BCUT2D eigenvalue weighted by Crippen LogP contribution is -2.15. The number of esters is 1. The zero-order chi connectivity index (χ0) is 14.5. The van der Waals surface area contributed by atoms with Crippen LogP contribution in [0.2, 0.25) is 0 Å². The molecule has 0 bridgehead atoms. The number of anilines is 1. The van der Waals surface area contributed by atoms with Gasteiger partial charge in [0, 0.05) is 10.3 Å². The summed E-state index contributed by atoms with van der Waals surface area (Å²) in [4.78, 5) is 17.2. The van der Waals surface area contributed by atoms with Crippen LogP contribution in [0, 0.1) is 5.92 Å². The first-order valence-corrected chi connectivity index (χ1v) is 8.30. The number of ether oxygens (including phenoxy) is 1. The van der Waals surface area contributed by atoms with E-state index in [-0.39, 0.29) is 12.0 Å². The molecule has 0 saturated carbocycles. The zero-order valence-electron chi connectivity index (χ0n) is 11.8. The predicted octanol–water partition coefficient (Wildman–Crippen LogP) is 4.19. The highest BCUT2D eigenvalue weighted by molar-refractivity contribution is 7.14. The van der Waals surface area contributed by atoms with Crippen molar-refractivity contribution >= 4 is 33.8 Å². The Bertz CT molecular complexity index is 549. The van der Waals surface area contributed by atoms with Crippen LogP contribution in [0.3, 0.4) is 0 Å². The first kappa shape index (κ1) is 15.0. The molecule has 6 heteroatoms. The molecule has 1 unspecified atom stereocenters. The molecule has 0 aliphatic rings. The highest BCUT2D eigenvalue weighted by Gasteiger charge is 2.19. The van der Waals surface area contributed by atoms with E-state index in [1.54, 1.807) is 23.6 Å². The van der Waals surface area contributed by atoms with Gasteiger partial charge < -0.3 is 10.1 Å². The third-order valence-corrected chi connectivity index (χ3v) is 4.51. The van der Waals surface area contributed by atoms with Crippen molar-refractivity contribution in [3.05, 3.63) is 33.5 Å². The van der Waals surface area contributed by atoms with Crippen molar-refractivity contribution in [2.24, 2.45) is 5.92 Å². The quantitative estimate of drug-likeness (QED) is 0.813. The largest absolute Gasteiger partial charge is 0.461 e. The van der Waals surface area contributed by atoms with Crippen LogP contribution in [0.15, 0.2) is 22.9 Å². The van der Waals surface area contributed by atoms with Gasteiger partial charge in [0.1, 0.15) is 0 Å². The fraction of sp³-hybridized carbons (Fsp3) is 0.429. The maximum absolute atomic E-state index is 11.6. The van der Waals surface area contributed by atoms with Crippen LogP contribution >= 0.6 is 22.7 Å². The van der Waals surface area contributed by atoms with Crippen LogP contribution < -0.4 is 5.32 Å². The van der Waals surface area contributed by atoms with E-state index in [0.717, 1.165) is 5.13 Å². The van der Waals surface area contributed by atoms with Gasteiger partial charge in [0.05, 0.1) is 12.6 Å². The first-order chi connectivity index (χ1) is 9.61. The van der Waals surface area contributed by atoms with Crippen molar-refractivity contribution in [3.63, 3.8) is 0 Å². The summed E-state index contributed by atoms with van der Waals surface area (Å²) in [6.45, 7) is 6.48.